The second-order valence-electron chi connectivity index (χ2n) is 6.47. The zero-order valence-electron chi connectivity index (χ0n) is 13.4. The Kier molecular flexibility index (Phi) is 5.85. The van der Waals surface area contributed by atoms with Crippen molar-refractivity contribution in [2.24, 2.45) is 0 Å². The smallest absolute Gasteiger partial charge is 0.241 e. The van der Waals surface area contributed by atoms with Gasteiger partial charge in [-0.25, -0.2) is 0 Å². The fourth-order valence-electron chi connectivity index (χ4n) is 3.63. The highest BCUT2D eigenvalue weighted by atomic mass is 16.2. The van der Waals surface area contributed by atoms with E-state index in [1.807, 2.05) is 0 Å². The van der Waals surface area contributed by atoms with Crippen LogP contribution in [0.25, 0.3) is 0 Å². The highest BCUT2D eigenvalue weighted by molar-refractivity contribution is 5.84. The van der Waals surface area contributed by atoms with Crippen LogP contribution in [-0.4, -0.2) is 54.1 Å². The number of likely N-dealkylation sites (N-methyl/N-ethyl adjacent to an activating group) is 1. The zero-order valence-corrected chi connectivity index (χ0v) is 13.4. The summed E-state index contributed by atoms with van der Waals surface area (Å²) in [6.45, 7) is 6.60. The summed E-state index contributed by atoms with van der Waals surface area (Å²) in [5, 5.41) is 3.60. The molecule has 2 heterocycles. The summed E-state index contributed by atoms with van der Waals surface area (Å²) < 4.78 is 0. The average molecular weight is 281 g/mol. The van der Waals surface area contributed by atoms with E-state index in [1.165, 1.54) is 19.4 Å². The molecule has 3 unspecified atom stereocenters. The van der Waals surface area contributed by atoms with E-state index in [2.05, 4.69) is 36.0 Å². The fraction of sp³-hybridized carbons (Fsp3) is 0.938. The maximum absolute atomic E-state index is 12.7. The van der Waals surface area contributed by atoms with Crippen LogP contribution in [0.15, 0.2) is 0 Å². The molecule has 1 N–H and O–H groups in total. The Labute approximate surface area is 123 Å². The minimum absolute atomic E-state index is 0.0683. The van der Waals surface area contributed by atoms with Crippen LogP contribution in [0.4, 0.5) is 0 Å². The number of likely N-dealkylation sites (tertiary alicyclic amines) is 1. The molecule has 4 nitrogen and oxygen atoms in total. The predicted octanol–water partition coefficient (Wildman–Crippen LogP) is 2.20. The molecule has 2 saturated heterocycles. The first-order chi connectivity index (χ1) is 9.67. The van der Waals surface area contributed by atoms with Crippen LogP contribution >= 0.6 is 0 Å². The Morgan fingerprint density at radius 3 is 2.70 bits per heavy atom. The van der Waals surface area contributed by atoms with Gasteiger partial charge in [0.2, 0.25) is 5.91 Å². The molecule has 2 aliphatic heterocycles. The van der Waals surface area contributed by atoms with Gasteiger partial charge in [-0.2, -0.15) is 0 Å². The Balaban J connectivity index is 2.04. The molecular formula is C16H31N3O. The van der Waals surface area contributed by atoms with Gasteiger partial charge in [-0.05, 0) is 39.3 Å². The predicted molar refractivity (Wildman–Crippen MR) is 82.5 cm³/mol. The van der Waals surface area contributed by atoms with Crippen LogP contribution in [0.5, 0.6) is 0 Å². The van der Waals surface area contributed by atoms with Crippen molar-refractivity contribution in [2.45, 2.75) is 77.0 Å². The maximum atomic E-state index is 12.7. The number of carbonyl (C=O) groups excluding carboxylic acids is 1. The quantitative estimate of drug-likeness (QED) is 0.811. The molecular weight excluding hydrogens is 250 g/mol. The van der Waals surface area contributed by atoms with E-state index in [9.17, 15) is 4.79 Å². The molecule has 0 aliphatic carbocycles. The van der Waals surface area contributed by atoms with Crippen LogP contribution in [0.2, 0.25) is 0 Å². The highest BCUT2D eigenvalue weighted by Crippen LogP contribution is 2.25. The molecule has 0 aromatic heterocycles. The van der Waals surface area contributed by atoms with Gasteiger partial charge in [-0.1, -0.05) is 33.1 Å². The third-order valence-electron chi connectivity index (χ3n) is 4.68. The number of carbonyl (C=O) groups is 1. The summed E-state index contributed by atoms with van der Waals surface area (Å²) in [7, 11) is 2.17. The average Bonchev–Trinajstić information content (AvgIpc) is 2.73. The largest absolute Gasteiger partial charge is 0.322 e. The van der Waals surface area contributed by atoms with Gasteiger partial charge < -0.3 is 9.80 Å². The van der Waals surface area contributed by atoms with E-state index in [0.717, 1.165) is 38.6 Å². The fourth-order valence-corrected chi connectivity index (χ4v) is 3.63. The number of hydrogen-bond donors (Lipinski definition) is 1. The first kappa shape index (κ1) is 15.8. The van der Waals surface area contributed by atoms with Crippen molar-refractivity contribution in [3.8, 4) is 0 Å². The molecule has 2 rings (SSSR count). The number of nitrogens with one attached hydrogen (secondary N) is 1. The van der Waals surface area contributed by atoms with Crippen LogP contribution < -0.4 is 5.32 Å². The second kappa shape index (κ2) is 7.41. The summed E-state index contributed by atoms with van der Waals surface area (Å²) in [6.07, 6.45) is 8.15. The SMILES string of the molecule is CCCCC1NC(CCC)N(C2CCCN(C)C2)C1=O. The van der Waals surface area contributed by atoms with Gasteiger partial charge >= 0.3 is 0 Å². The summed E-state index contributed by atoms with van der Waals surface area (Å²) in [5.41, 5.74) is 0. The second-order valence-corrected chi connectivity index (χ2v) is 6.47. The summed E-state index contributed by atoms with van der Waals surface area (Å²) >= 11 is 0. The lowest BCUT2D eigenvalue weighted by atomic mass is 10.0. The van der Waals surface area contributed by atoms with E-state index in [0.29, 0.717) is 11.9 Å². The van der Waals surface area contributed by atoms with Crippen LogP contribution in [0, 0.1) is 0 Å². The van der Waals surface area contributed by atoms with Crippen molar-refractivity contribution in [1.82, 2.24) is 15.1 Å². The Bertz CT molecular complexity index is 321. The third kappa shape index (κ3) is 3.53. The van der Waals surface area contributed by atoms with Gasteiger partial charge in [0, 0.05) is 12.6 Å². The number of amides is 1. The monoisotopic (exact) mass is 281 g/mol. The minimum Gasteiger partial charge on any atom is -0.322 e. The van der Waals surface area contributed by atoms with E-state index in [1.54, 1.807) is 0 Å². The lowest BCUT2D eigenvalue weighted by Gasteiger charge is -2.38. The topological polar surface area (TPSA) is 35.6 Å². The summed E-state index contributed by atoms with van der Waals surface area (Å²) in [4.78, 5) is 17.3. The standard InChI is InChI=1S/C16H31N3O/c1-4-6-10-14-16(20)19(15(17-14)8-5-2)13-9-7-11-18(3)12-13/h13-15,17H,4-12H2,1-3H3. The Morgan fingerprint density at radius 1 is 1.25 bits per heavy atom. The van der Waals surface area contributed by atoms with Gasteiger partial charge in [-0.15, -0.1) is 0 Å². The molecule has 3 atom stereocenters. The molecule has 0 bridgehead atoms. The summed E-state index contributed by atoms with van der Waals surface area (Å²) in [5.74, 6) is 0.359. The molecule has 1 amide bonds. The lowest BCUT2D eigenvalue weighted by molar-refractivity contribution is -0.133. The molecule has 20 heavy (non-hydrogen) atoms. The third-order valence-corrected chi connectivity index (χ3v) is 4.68. The lowest BCUT2D eigenvalue weighted by Crippen LogP contribution is -2.51. The van der Waals surface area contributed by atoms with Gasteiger partial charge in [0.05, 0.1) is 12.2 Å². The van der Waals surface area contributed by atoms with Crippen molar-refractivity contribution in [3.05, 3.63) is 0 Å². The normalized spacial score (nSPS) is 32.0. The van der Waals surface area contributed by atoms with Gasteiger partial charge in [0.15, 0.2) is 0 Å². The van der Waals surface area contributed by atoms with E-state index < -0.39 is 0 Å². The maximum Gasteiger partial charge on any atom is 0.241 e. The zero-order chi connectivity index (χ0) is 14.5. The van der Waals surface area contributed by atoms with Crippen molar-refractivity contribution in [2.75, 3.05) is 20.1 Å². The van der Waals surface area contributed by atoms with Crippen LogP contribution in [-0.2, 0) is 4.79 Å². The molecule has 2 aliphatic rings. The molecule has 2 fully saturated rings. The number of piperidine rings is 1. The van der Waals surface area contributed by atoms with Crippen LogP contribution in [0.3, 0.4) is 0 Å². The first-order valence-electron chi connectivity index (χ1n) is 8.44. The molecule has 0 aromatic carbocycles. The molecule has 0 radical (unpaired) electrons. The van der Waals surface area contributed by atoms with E-state index in [4.69, 9.17) is 0 Å². The van der Waals surface area contributed by atoms with E-state index in [-0.39, 0.29) is 12.2 Å². The molecule has 0 saturated carbocycles. The van der Waals surface area contributed by atoms with Crippen molar-refractivity contribution in [3.63, 3.8) is 0 Å². The van der Waals surface area contributed by atoms with E-state index >= 15 is 0 Å². The first-order valence-corrected chi connectivity index (χ1v) is 8.44. The highest BCUT2D eigenvalue weighted by Gasteiger charge is 2.42. The number of rotatable bonds is 6. The van der Waals surface area contributed by atoms with Crippen LogP contribution in [0.1, 0.15) is 58.8 Å². The number of nitrogens with zero attached hydrogens (tertiary/aromatic N) is 2. The number of hydrogen-bond acceptors (Lipinski definition) is 3. The Hall–Kier alpha value is -0.610. The summed E-state index contributed by atoms with van der Waals surface area (Å²) in [6, 6.07) is 0.482. The van der Waals surface area contributed by atoms with Gasteiger partial charge in [0.1, 0.15) is 0 Å². The Morgan fingerprint density at radius 2 is 2.05 bits per heavy atom. The van der Waals surface area contributed by atoms with Gasteiger partial charge in [-0.3, -0.25) is 10.1 Å². The molecule has 0 spiro atoms. The van der Waals surface area contributed by atoms with Crippen molar-refractivity contribution in [1.29, 1.82) is 0 Å². The molecule has 4 heteroatoms. The number of unbranched alkanes of at least 4 members (excludes halogenated alkanes) is 1. The van der Waals surface area contributed by atoms with Gasteiger partial charge in [0.25, 0.3) is 0 Å². The molecule has 116 valence electrons. The van der Waals surface area contributed by atoms with Crippen molar-refractivity contribution >= 4 is 5.91 Å². The van der Waals surface area contributed by atoms with Crippen molar-refractivity contribution < 1.29 is 4.79 Å². The minimum atomic E-state index is 0.0683. The molecule has 0 aromatic rings.